The molecule has 1 amide bonds. The van der Waals surface area contributed by atoms with Crippen molar-refractivity contribution in [3.63, 3.8) is 0 Å². The second-order valence-corrected chi connectivity index (χ2v) is 5.39. The van der Waals surface area contributed by atoms with Crippen LogP contribution in [0.5, 0.6) is 0 Å². The predicted octanol–water partition coefficient (Wildman–Crippen LogP) is 2.39. The number of hydrogen-bond donors (Lipinski definition) is 2. The maximum absolute atomic E-state index is 12.3. The standard InChI is InChI=1S/C11H13F3N2O3S/c1-5(2)3-6(9(18)19)15-8(17)7-4-20-10(16-7)11(12,13)14/h4-6H,3H2,1-2H3,(H,15,17)(H,18,19)/t6-/m1/s1. The summed E-state index contributed by atoms with van der Waals surface area (Å²) >= 11 is 0.290. The van der Waals surface area contributed by atoms with E-state index in [0.717, 1.165) is 5.38 Å². The van der Waals surface area contributed by atoms with Crippen molar-refractivity contribution in [3.8, 4) is 0 Å². The summed E-state index contributed by atoms with van der Waals surface area (Å²) in [6, 6.07) is -1.15. The minimum atomic E-state index is -4.62. The molecule has 0 aromatic carbocycles. The van der Waals surface area contributed by atoms with Gasteiger partial charge in [-0.15, -0.1) is 11.3 Å². The zero-order valence-corrected chi connectivity index (χ0v) is 11.5. The minimum absolute atomic E-state index is 0.0116. The summed E-state index contributed by atoms with van der Waals surface area (Å²) in [5.41, 5.74) is -0.433. The Morgan fingerprint density at radius 1 is 1.45 bits per heavy atom. The Bertz CT molecular complexity index is 499. The van der Waals surface area contributed by atoms with E-state index in [4.69, 9.17) is 5.11 Å². The number of rotatable bonds is 5. The van der Waals surface area contributed by atoms with Gasteiger partial charge < -0.3 is 10.4 Å². The lowest BCUT2D eigenvalue weighted by molar-refractivity contribution is -0.140. The van der Waals surface area contributed by atoms with Gasteiger partial charge >= 0.3 is 12.1 Å². The number of carbonyl (C=O) groups is 2. The van der Waals surface area contributed by atoms with Gasteiger partial charge in [0.2, 0.25) is 0 Å². The normalized spacial score (nSPS) is 13.3. The van der Waals surface area contributed by atoms with Crippen LogP contribution in [0.1, 0.15) is 35.8 Å². The summed E-state index contributed by atoms with van der Waals surface area (Å²) in [7, 11) is 0. The molecule has 112 valence electrons. The third-order valence-electron chi connectivity index (χ3n) is 2.29. The molecule has 9 heteroatoms. The topological polar surface area (TPSA) is 79.3 Å². The van der Waals surface area contributed by atoms with Crippen molar-refractivity contribution >= 4 is 23.2 Å². The molecular weight excluding hydrogens is 297 g/mol. The molecular formula is C11H13F3N2O3S. The van der Waals surface area contributed by atoms with Crippen LogP contribution in [0.25, 0.3) is 0 Å². The molecule has 0 saturated heterocycles. The number of amides is 1. The van der Waals surface area contributed by atoms with Gasteiger partial charge in [-0.1, -0.05) is 13.8 Å². The van der Waals surface area contributed by atoms with Gasteiger partial charge in [0.1, 0.15) is 11.7 Å². The third-order valence-corrected chi connectivity index (χ3v) is 3.18. The van der Waals surface area contributed by atoms with E-state index in [0.29, 0.717) is 0 Å². The van der Waals surface area contributed by atoms with E-state index in [1.54, 1.807) is 13.8 Å². The summed E-state index contributed by atoms with van der Waals surface area (Å²) in [4.78, 5) is 25.8. The third kappa shape index (κ3) is 4.48. The second-order valence-electron chi connectivity index (χ2n) is 4.53. The maximum Gasteiger partial charge on any atom is 0.443 e. The molecule has 0 radical (unpaired) electrons. The molecule has 0 aliphatic carbocycles. The Morgan fingerprint density at radius 2 is 2.05 bits per heavy atom. The SMILES string of the molecule is CC(C)C[C@@H](NC(=O)c1csc(C(F)(F)F)n1)C(=O)O. The highest BCUT2D eigenvalue weighted by Gasteiger charge is 2.35. The fraction of sp³-hybridized carbons (Fsp3) is 0.545. The van der Waals surface area contributed by atoms with Gasteiger partial charge in [0.25, 0.3) is 5.91 Å². The minimum Gasteiger partial charge on any atom is -0.480 e. The highest BCUT2D eigenvalue weighted by Crippen LogP contribution is 2.31. The molecule has 0 fully saturated rings. The summed E-state index contributed by atoms with van der Waals surface area (Å²) in [6.07, 6.45) is -4.44. The van der Waals surface area contributed by atoms with E-state index in [1.807, 2.05) is 0 Å². The van der Waals surface area contributed by atoms with Crippen LogP contribution >= 0.6 is 11.3 Å². The molecule has 1 aromatic rings. The van der Waals surface area contributed by atoms with Gasteiger partial charge in [0, 0.05) is 5.38 Å². The van der Waals surface area contributed by atoms with Crippen molar-refractivity contribution in [2.75, 3.05) is 0 Å². The predicted molar refractivity (Wildman–Crippen MR) is 65.5 cm³/mol. The Balaban J connectivity index is 2.79. The van der Waals surface area contributed by atoms with Crippen LogP contribution in [0.3, 0.4) is 0 Å². The number of aromatic nitrogens is 1. The van der Waals surface area contributed by atoms with E-state index in [9.17, 15) is 22.8 Å². The summed E-state index contributed by atoms with van der Waals surface area (Å²) in [5, 5.41) is 10.9. The zero-order valence-electron chi connectivity index (χ0n) is 10.7. The smallest absolute Gasteiger partial charge is 0.443 e. The molecule has 0 spiro atoms. The summed E-state index contributed by atoms with van der Waals surface area (Å²) < 4.78 is 37.0. The Kier molecular flexibility index (Phi) is 5.09. The fourth-order valence-corrected chi connectivity index (χ4v) is 2.10. The number of carboxylic acid groups (broad SMARTS) is 1. The van der Waals surface area contributed by atoms with Gasteiger partial charge in [0.15, 0.2) is 5.01 Å². The van der Waals surface area contributed by atoms with E-state index < -0.39 is 34.8 Å². The van der Waals surface area contributed by atoms with Crippen molar-refractivity contribution in [3.05, 3.63) is 16.1 Å². The second kappa shape index (κ2) is 6.21. The first kappa shape index (κ1) is 16.4. The van der Waals surface area contributed by atoms with Crippen LogP contribution in [-0.4, -0.2) is 28.0 Å². The van der Waals surface area contributed by atoms with Crippen molar-refractivity contribution in [1.29, 1.82) is 0 Å². The van der Waals surface area contributed by atoms with Crippen molar-refractivity contribution in [2.24, 2.45) is 5.92 Å². The van der Waals surface area contributed by atoms with E-state index in [1.165, 1.54) is 0 Å². The largest absolute Gasteiger partial charge is 0.480 e. The van der Waals surface area contributed by atoms with Gasteiger partial charge in [-0.2, -0.15) is 13.2 Å². The number of nitrogens with zero attached hydrogens (tertiary/aromatic N) is 1. The first-order valence-electron chi connectivity index (χ1n) is 5.67. The Morgan fingerprint density at radius 3 is 2.45 bits per heavy atom. The van der Waals surface area contributed by atoms with E-state index in [2.05, 4.69) is 10.3 Å². The molecule has 0 bridgehead atoms. The average molecular weight is 310 g/mol. The lowest BCUT2D eigenvalue weighted by Gasteiger charge is -2.15. The van der Waals surface area contributed by atoms with Crippen LogP contribution < -0.4 is 5.32 Å². The maximum atomic E-state index is 12.3. The van der Waals surface area contributed by atoms with Crippen LogP contribution in [0.4, 0.5) is 13.2 Å². The van der Waals surface area contributed by atoms with Crippen LogP contribution in [0.15, 0.2) is 5.38 Å². The van der Waals surface area contributed by atoms with Crippen LogP contribution in [0.2, 0.25) is 0 Å². The van der Waals surface area contributed by atoms with Gasteiger partial charge in [-0.05, 0) is 12.3 Å². The summed E-state index contributed by atoms with van der Waals surface area (Å²) in [6.45, 7) is 3.54. The number of carbonyl (C=O) groups excluding carboxylic acids is 1. The molecule has 0 saturated carbocycles. The quantitative estimate of drug-likeness (QED) is 0.875. The number of hydrogen-bond acceptors (Lipinski definition) is 4. The number of aliphatic carboxylic acids is 1. The molecule has 0 aliphatic heterocycles. The van der Waals surface area contributed by atoms with Gasteiger partial charge in [-0.25, -0.2) is 9.78 Å². The van der Waals surface area contributed by atoms with Crippen molar-refractivity contribution < 1.29 is 27.9 Å². The molecule has 1 heterocycles. The molecule has 1 atom stereocenters. The molecule has 1 rings (SSSR count). The first-order valence-corrected chi connectivity index (χ1v) is 6.55. The molecule has 0 aliphatic rings. The highest BCUT2D eigenvalue weighted by molar-refractivity contribution is 7.09. The summed E-state index contributed by atoms with van der Waals surface area (Å²) in [5.74, 6) is -2.15. The fourth-order valence-electron chi connectivity index (χ4n) is 1.43. The number of alkyl halides is 3. The molecule has 2 N–H and O–H groups in total. The lowest BCUT2D eigenvalue weighted by Crippen LogP contribution is -2.41. The lowest BCUT2D eigenvalue weighted by atomic mass is 10.0. The van der Waals surface area contributed by atoms with Gasteiger partial charge in [0.05, 0.1) is 0 Å². The molecule has 20 heavy (non-hydrogen) atoms. The van der Waals surface area contributed by atoms with Crippen molar-refractivity contribution in [1.82, 2.24) is 10.3 Å². The molecule has 5 nitrogen and oxygen atoms in total. The number of thiazole rings is 1. The molecule has 0 unspecified atom stereocenters. The van der Waals surface area contributed by atoms with Crippen LogP contribution in [-0.2, 0) is 11.0 Å². The first-order chi connectivity index (χ1) is 9.11. The number of halogens is 3. The molecule has 1 aromatic heterocycles. The van der Waals surface area contributed by atoms with E-state index >= 15 is 0 Å². The monoisotopic (exact) mass is 310 g/mol. The van der Waals surface area contributed by atoms with E-state index in [-0.39, 0.29) is 23.7 Å². The zero-order chi connectivity index (χ0) is 15.5. The van der Waals surface area contributed by atoms with Crippen molar-refractivity contribution in [2.45, 2.75) is 32.5 Å². The van der Waals surface area contributed by atoms with Crippen LogP contribution in [0, 0.1) is 5.92 Å². The number of nitrogens with one attached hydrogen (secondary N) is 1. The Hall–Kier alpha value is -1.64. The average Bonchev–Trinajstić information content (AvgIpc) is 2.75. The van der Waals surface area contributed by atoms with Gasteiger partial charge in [-0.3, -0.25) is 4.79 Å². The number of carboxylic acids is 1. The highest BCUT2D eigenvalue weighted by atomic mass is 32.1. The Labute approximate surface area is 116 Å².